The highest BCUT2D eigenvalue weighted by atomic mass is 16.3. The number of carbonyl (C=O) groups excluding carboxylic acids is 1. The van der Waals surface area contributed by atoms with Crippen molar-refractivity contribution in [1.82, 2.24) is 4.90 Å². The van der Waals surface area contributed by atoms with Crippen LogP contribution >= 0.6 is 0 Å². The van der Waals surface area contributed by atoms with Crippen LogP contribution in [0.2, 0.25) is 0 Å². The van der Waals surface area contributed by atoms with E-state index in [9.17, 15) is 9.90 Å². The minimum absolute atomic E-state index is 0.107. The van der Waals surface area contributed by atoms with Crippen LogP contribution in [0.4, 0.5) is 0 Å². The molecular formula is C13H23NO2. The SMILES string of the molecule is O=C(C1CCCCCC1)N1CCC[C@@H]1CO. The van der Waals surface area contributed by atoms with Crippen LogP contribution in [0, 0.1) is 5.92 Å². The second kappa shape index (κ2) is 5.67. The Hall–Kier alpha value is -0.570. The lowest BCUT2D eigenvalue weighted by molar-refractivity contribution is -0.137. The molecule has 0 bridgehead atoms. The number of likely N-dealkylation sites (tertiary alicyclic amines) is 1. The molecular weight excluding hydrogens is 202 g/mol. The lowest BCUT2D eigenvalue weighted by atomic mass is 9.98. The third-order valence-corrected chi connectivity index (χ3v) is 4.08. The summed E-state index contributed by atoms with van der Waals surface area (Å²) >= 11 is 0. The molecule has 1 heterocycles. The third kappa shape index (κ3) is 2.57. The highest BCUT2D eigenvalue weighted by Crippen LogP contribution is 2.27. The van der Waals surface area contributed by atoms with Gasteiger partial charge in [-0.05, 0) is 25.7 Å². The van der Waals surface area contributed by atoms with E-state index >= 15 is 0 Å². The molecule has 1 saturated heterocycles. The van der Waals surface area contributed by atoms with E-state index in [0.29, 0.717) is 5.91 Å². The Labute approximate surface area is 97.8 Å². The fourth-order valence-corrected chi connectivity index (χ4v) is 3.08. The number of aliphatic hydroxyl groups excluding tert-OH is 1. The van der Waals surface area contributed by atoms with E-state index in [1.54, 1.807) is 0 Å². The van der Waals surface area contributed by atoms with E-state index in [2.05, 4.69) is 0 Å². The zero-order valence-electron chi connectivity index (χ0n) is 10.0. The van der Waals surface area contributed by atoms with Crippen molar-refractivity contribution < 1.29 is 9.90 Å². The predicted octanol–water partition coefficient (Wildman–Crippen LogP) is 1.94. The summed E-state index contributed by atoms with van der Waals surface area (Å²) in [5, 5.41) is 9.25. The van der Waals surface area contributed by atoms with Gasteiger partial charge in [0.15, 0.2) is 0 Å². The van der Waals surface area contributed by atoms with Crippen LogP contribution in [0.15, 0.2) is 0 Å². The number of hydrogen-bond acceptors (Lipinski definition) is 2. The van der Waals surface area contributed by atoms with Gasteiger partial charge in [0, 0.05) is 12.5 Å². The number of nitrogens with zero attached hydrogens (tertiary/aromatic N) is 1. The Bertz CT molecular complexity index is 234. The van der Waals surface area contributed by atoms with Gasteiger partial charge in [0.05, 0.1) is 12.6 Å². The molecule has 1 amide bonds. The zero-order chi connectivity index (χ0) is 11.4. The number of amides is 1. The molecule has 0 radical (unpaired) electrons. The summed E-state index contributed by atoms with van der Waals surface area (Å²) in [7, 11) is 0. The van der Waals surface area contributed by atoms with Crippen molar-refractivity contribution in [1.29, 1.82) is 0 Å². The highest BCUT2D eigenvalue weighted by molar-refractivity contribution is 5.79. The molecule has 0 aromatic heterocycles. The molecule has 2 fully saturated rings. The van der Waals surface area contributed by atoms with Gasteiger partial charge in [-0.25, -0.2) is 0 Å². The molecule has 1 atom stereocenters. The standard InChI is InChI=1S/C13H23NO2/c15-10-12-8-5-9-14(12)13(16)11-6-3-1-2-4-7-11/h11-12,15H,1-10H2/t12-/m1/s1. The van der Waals surface area contributed by atoms with E-state index in [0.717, 1.165) is 32.2 Å². The molecule has 2 rings (SSSR count). The molecule has 16 heavy (non-hydrogen) atoms. The molecule has 1 aliphatic carbocycles. The zero-order valence-corrected chi connectivity index (χ0v) is 10.0. The molecule has 92 valence electrons. The van der Waals surface area contributed by atoms with Gasteiger partial charge in [-0.1, -0.05) is 25.7 Å². The van der Waals surface area contributed by atoms with E-state index in [1.807, 2.05) is 4.90 Å². The van der Waals surface area contributed by atoms with Gasteiger partial charge in [0.2, 0.25) is 5.91 Å². The number of aliphatic hydroxyl groups is 1. The van der Waals surface area contributed by atoms with Gasteiger partial charge < -0.3 is 10.0 Å². The Morgan fingerprint density at radius 1 is 1.06 bits per heavy atom. The molecule has 0 aromatic carbocycles. The van der Waals surface area contributed by atoms with Gasteiger partial charge in [-0.3, -0.25) is 4.79 Å². The van der Waals surface area contributed by atoms with Gasteiger partial charge in [-0.2, -0.15) is 0 Å². The van der Waals surface area contributed by atoms with Crippen molar-refractivity contribution in [2.24, 2.45) is 5.92 Å². The minimum atomic E-state index is 0.107. The second-order valence-corrected chi connectivity index (χ2v) is 5.20. The summed E-state index contributed by atoms with van der Waals surface area (Å²) in [6.07, 6.45) is 9.14. The fourth-order valence-electron chi connectivity index (χ4n) is 3.08. The Balaban J connectivity index is 1.94. The average molecular weight is 225 g/mol. The molecule has 1 saturated carbocycles. The Kier molecular flexibility index (Phi) is 4.22. The van der Waals surface area contributed by atoms with Crippen LogP contribution < -0.4 is 0 Å². The molecule has 1 aliphatic heterocycles. The lowest BCUT2D eigenvalue weighted by Crippen LogP contribution is -2.41. The van der Waals surface area contributed by atoms with E-state index in [4.69, 9.17) is 0 Å². The summed E-state index contributed by atoms with van der Waals surface area (Å²) in [5.41, 5.74) is 0. The molecule has 2 aliphatic rings. The van der Waals surface area contributed by atoms with Crippen molar-refractivity contribution in [2.75, 3.05) is 13.2 Å². The average Bonchev–Trinajstić information content (AvgIpc) is 2.61. The second-order valence-electron chi connectivity index (χ2n) is 5.20. The normalized spacial score (nSPS) is 28.1. The van der Waals surface area contributed by atoms with Crippen LogP contribution in [-0.4, -0.2) is 35.1 Å². The predicted molar refractivity (Wildman–Crippen MR) is 63.0 cm³/mol. The summed E-state index contributed by atoms with van der Waals surface area (Å²) in [6, 6.07) is 0.107. The number of rotatable bonds is 2. The van der Waals surface area contributed by atoms with Crippen LogP contribution in [0.1, 0.15) is 51.4 Å². The maximum Gasteiger partial charge on any atom is 0.226 e. The summed E-state index contributed by atoms with van der Waals surface area (Å²) in [4.78, 5) is 14.3. The van der Waals surface area contributed by atoms with E-state index < -0.39 is 0 Å². The maximum atomic E-state index is 12.3. The molecule has 0 aromatic rings. The Morgan fingerprint density at radius 2 is 1.75 bits per heavy atom. The fraction of sp³-hybridized carbons (Fsp3) is 0.923. The van der Waals surface area contributed by atoms with E-state index in [-0.39, 0.29) is 18.6 Å². The quantitative estimate of drug-likeness (QED) is 0.730. The highest BCUT2D eigenvalue weighted by Gasteiger charge is 2.32. The largest absolute Gasteiger partial charge is 0.394 e. The first-order valence-electron chi connectivity index (χ1n) is 6.74. The van der Waals surface area contributed by atoms with Crippen LogP contribution in [-0.2, 0) is 4.79 Å². The van der Waals surface area contributed by atoms with Crippen molar-refractivity contribution >= 4 is 5.91 Å². The summed E-state index contributed by atoms with van der Waals surface area (Å²) in [6.45, 7) is 0.999. The van der Waals surface area contributed by atoms with Gasteiger partial charge >= 0.3 is 0 Å². The molecule has 3 heteroatoms. The lowest BCUT2D eigenvalue weighted by Gasteiger charge is -2.27. The number of hydrogen-bond donors (Lipinski definition) is 1. The van der Waals surface area contributed by atoms with Crippen molar-refractivity contribution in [3.05, 3.63) is 0 Å². The topological polar surface area (TPSA) is 40.5 Å². The van der Waals surface area contributed by atoms with Crippen LogP contribution in [0.5, 0.6) is 0 Å². The van der Waals surface area contributed by atoms with Crippen LogP contribution in [0.25, 0.3) is 0 Å². The minimum Gasteiger partial charge on any atom is -0.394 e. The van der Waals surface area contributed by atoms with Gasteiger partial charge in [0.25, 0.3) is 0 Å². The summed E-state index contributed by atoms with van der Waals surface area (Å²) in [5.74, 6) is 0.563. The first kappa shape index (κ1) is 11.9. The van der Waals surface area contributed by atoms with Crippen molar-refractivity contribution in [3.63, 3.8) is 0 Å². The smallest absolute Gasteiger partial charge is 0.226 e. The molecule has 0 spiro atoms. The van der Waals surface area contributed by atoms with E-state index in [1.165, 1.54) is 25.7 Å². The first-order chi connectivity index (χ1) is 7.83. The van der Waals surface area contributed by atoms with Gasteiger partial charge in [0.1, 0.15) is 0 Å². The van der Waals surface area contributed by atoms with Gasteiger partial charge in [-0.15, -0.1) is 0 Å². The van der Waals surface area contributed by atoms with Crippen LogP contribution in [0.3, 0.4) is 0 Å². The summed E-state index contributed by atoms with van der Waals surface area (Å²) < 4.78 is 0. The number of carbonyl (C=O) groups is 1. The maximum absolute atomic E-state index is 12.3. The molecule has 0 unspecified atom stereocenters. The first-order valence-corrected chi connectivity index (χ1v) is 6.74. The molecule has 3 nitrogen and oxygen atoms in total. The Morgan fingerprint density at radius 3 is 2.38 bits per heavy atom. The van der Waals surface area contributed by atoms with Crippen molar-refractivity contribution in [3.8, 4) is 0 Å². The van der Waals surface area contributed by atoms with Crippen molar-refractivity contribution in [2.45, 2.75) is 57.4 Å². The molecule has 1 N–H and O–H groups in total. The monoisotopic (exact) mass is 225 g/mol. The third-order valence-electron chi connectivity index (χ3n) is 4.08.